The predicted molar refractivity (Wildman–Crippen MR) is 40.0 cm³/mol. The molecular formula is C8H15NO. The third-order valence-electron chi connectivity index (χ3n) is 2.78. The van der Waals surface area contributed by atoms with Crippen molar-refractivity contribution in [1.82, 2.24) is 4.90 Å². The first-order valence-corrected chi connectivity index (χ1v) is 3.97. The Morgan fingerprint density at radius 1 is 1.50 bits per heavy atom. The van der Waals surface area contributed by atoms with Crippen molar-refractivity contribution in [3.63, 3.8) is 0 Å². The van der Waals surface area contributed by atoms with Crippen LogP contribution in [0.15, 0.2) is 0 Å². The van der Waals surface area contributed by atoms with Gasteiger partial charge in [-0.25, -0.2) is 0 Å². The molecule has 0 N–H and O–H groups in total. The Kier molecular flexibility index (Phi) is 1.15. The van der Waals surface area contributed by atoms with Crippen LogP contribution in [0.3, 0.4) is 0 Å². The Labute approximate surface area is 62.2 Å². The van der Waals surface area contributed by atoms with Gasteiger partial charge in [-0.05, 0) is 27.3 Å². The summed E-state index contributed by atoms with van der Waals surface area (Å²) in [7, 11) is 2.19. The van der Waals surface area contributed by atoms with Gasteiger partial charge in [0.25, 0.3) is 0 Å². The molecule has 2 saturated heterocycles. The Morgan fingerprint density at radius 2 is 2.20 bits per heavy atom. The zero-order valence-corrected chi connectivity index (χ0v) is 6.92. The van der Waals surface area contributed by atoms with E-state index in [1.54, 1.807) is 0 Å². The standard InChI is InChI=1S/C8H15NO/c1-8(2)7-4-6(10-8)5-9(7)3/h6-7H,4-5H2,1-3H3/t6-,7-/m0/s1. The molecule has 0 amide bonds. The van der Waals surface area contributed by atoms with E-state index in [2.05, 4.69) is 25.8 Å². The first-order valence-electron chi connectivity index (χ1n) is 3.97. The topological polar surface area (TPSA) is 12.5 Å². The molecule has 0 saturated carbocycles. The summed E-state index contributed by atoms with van der Waals surface area (Å²) in [6.07, 6.45) is 1.76. The van der Waals surface area contributed by atoms with Crippen LogP contribution in [-0.2, 0) is 4.74 Å². The predicted octanol–water partition coefficient (Wildman–Crippen LogP) is 0.868. The second-order valence-electron chi connectivity index (χ2n) is 4.03. The molecule has 0 aromatic carbocycles. The van der Waals surface area contributed by atoms with Crippen molar-refractivity contribution >= 4 is 0 Å². The van der Waals surface area contributed by atoms with E-state index < -0.39 is 0 Å². The molecule has 2 aliphatic heterocycles. The molecule has 0 aliphatic carbocycles. The van der Waals surface area contributed by atoms with Crippen LogP contribution >= 0.6 is 0 Å². The van der Waals surface area contributed by atoms with Crippen LogP contribution < -0.4 is 0 Å². The number of rotatable bonds is 0. The second-order valence-corrected chi connectivity index (χ2v) is 4.03. The number of likely N-dealkylation sites (N-methyl/N-ethyl adjacent to an activating group) is 1. The third-order valence-corrected chi connectivity index (χ3v) is 2.78. The van der Waals surface area contributed by atoms with Crippen molar-refractivity contribution in [3.8, 4) is 0 Å². The molecule has 2 bridgehead atoms. The van der Waals surface area contributed by atoms with Gasteiger partial charge < -0.3 is 4.74 Å². The molecular weight excluding hydrogens is 126 g/mol. The zero-order valence-electron chi connectivity index (χ0n) is 6.92. The van der Waals surface area contributed by atoms with Gasteiger partial charge in [0.05, 0.1) is 11.7 Å². The molecule has 2 fully saturated rings. The van der Waals surface area contributed by atoms with Crippen LogP contribution in [0.2, 0.25) is 0 Å². The minimum Gasteiger partial charge on any atom is -0.369 e. The maximum Gasteiger partial charge on any atom is 0.0786 e. The van der Waals surface area contributed by atoms with Crippen molar-refractivity contribution in [3.05, 3.63) is 0 Å². The minimum atomic E-state index is 0.109. The summed E-state index contributed by atoms with van der Waals surface area (Å²) >= 11 is 0. The van der Waals surface area contributed by atoms with Crippen LogP contribution in [-0.4, -0.2) is 36.2 Å². The molecule has 0 radical (unpaired) electrons. The summed E-state index contributed by atoms with van der Waals surface area (Å²) in [5.74, 6) is 0. The van der Waals surface area contributed by atoms with Gasteiger partial charge in [0, 0.05) is 12.6 Å². The number of fused-ring (bicyclic) bond motifs is 2. The zero-order chi connectivity index (χ0) is 7.35. The van der Waals surface area contributed by atoms with E-state index in [4.69, 9.17) is 4.74 Å². The summed E-state index contributed by atoms with van der Waals surface area (Å²) in [4.78, 5) is 2.41. The molecule has 58 valence electrons. The minimum absolute atomic E-state index is 0.109. The molecule has 0 aromatic rings. The average Bonchev–Trinajstić information content (AvgIpc) is 2.18. The number of ether oxygens (including phenoxy) is 1. The van der Waals surface area contributed by atoms with Crippen molar-refractivity contribution in [1.29, 1.82) is 0 Å². The van der Waals surface area contributed by atoms with Gasteiger partial charge in [-0.1, -0.05) is 0 Å². The highest BCUT2D eigenvalue weighted by atomic mass is 16.5. The van der Waals surface area contributed by atoms with E-state index in [9.17, 15) is 0 Å². The van der Waals surface area contributed by atoms with Crippen molar-refractivity contribution in [2.75, 3.05) is 13.6 Å². The molecule has 0 aromatic heterocycles. The Hall–Kier alpha value is -0.0800. The lowest BCUT2D eigenvalue weighted by Crippen LogP contribution is -2.47. The van der Waals surface area contributed by atoms with Gasteiger partial charge in [-0.15, -0.1) is 0 Å². The summed E-state index contributed by atoms with van der Waals surface area (Å²) in [6, 6.07) is 0.664. The maximum atomic E-state index is 5.78. The summed E-state index contributed by atoms with van der Waals surface area (Å²) in [5, 5.41) is 0. The van der Waals surface area contributed by atoms with Gasteiger partial charge in [0.2, 0.25) is 0 Å². The third kappa shape index (κ3) is 0.722. The van der Waals surface area contributed by atoms with Gasteiger partial charge in [0.1, 0.15) is 0 Å². The maximum absolute atomic E-state index is 5.78. The average molecular weight is 141 g/mol. The molecule has 2 heteroatoms. The van der Waals surface area contributed by atoms with E-state index in [-0.39, 0.29) is 5.60 Å². The number of nitrogens with zero attached hydrogens (tertiary/aromatic N) is 1. The van der Waals surface area contributed by atoms with Gasteiger partial charge in [0.15, 0.2) is 0 Å². The lowest BCUT2D eigenvalue weighted by atomic mass is 10.00. The molecule has 2 rings (SSSR count). The van der Waals surface area contributed by atoms with Gasteiger partial charge in [-0.2, -0.15) is 0 Å². The monoisotopic (exact) mass is 141 g/mol. The highest BCUT2D eigenvalue weighted by molar-refractivity contribution is 5.01. The first-order chi connectivity index (χ1) is 4.59. The van der Waals surface area contributed by atoms with Crippen LogP contribution in [0.25, 0.3) is 0 Å². The largest absolute Gasteiger partial charge is 0.369 e. The fourth-order valence-electron chi connectivity index (χ4n) is 2.36. The highest BCUT2D eigenvalue weighted by Gasteiger charge is 2.49. The molecule has 0 unspecified atom stereocenters. The van der Waals surface area contributed by atoms with Crippen molar-refractivity contribution < 1.29 is 4.74 Å². The summed E-state index contributed by atoms with van der Waals surface area (Å²) in [5.41, 5.74) is 0.109. The second kappa shape index (κ2) is 1.74. The Bertz CT molecular complexity index is 155. The first kappa shape index (κ1) is 6.62. The lowest BCUT2D eigenvalue weighted by Gasteiger charge is -2.36. The van der Waals surface area contributed by atoms with Crippen LogP contribution in [0.1, 0.15) is 20.3 Å². The quantitative estimate of drug-likeness (QED) is 0.496. The Morgan fingerprint density at radius 3 is 2.50 bits per heavy atom. The smallest absolute Gasteiger partial charge is 0.0786 e. The number of likely N-dealkylation sites (tertiary alicyclic amines) is 1. The normalized spacial score (nSPS) is 44.7. The van der Waals surface area contributed by atoms with E-state index in [1.165, 1.54) is 6.42 Å². The molecule has 0 spiro atoms. The van der Waals surface area contributed by atoms with Crippen LogP contribution in [0, 0.1) is 0 Å². The molecule has 2 atom stereocenters. The number of morpholine rings is 1. The van der Waals surface area contributed by atoms with Crippen molar-refractivity contribution in [2.24, 2.45) is 0 Å². The number of hydrogen-bond donors (Lipinski definition) is 0. The highest BCUT2D eigenvalue weighted by Crippen LogP contribution is 2.38. The van der Waals surface area contributed by atoms with Crippen molar-refractivity contribution in [2.45, 2.75) is 38.0 Å². The SMILES string of the molecule is CN1C[C@@H]2C[C@H]1C(C)(C)O2. The van der Waals surface area contributed by atoms with Gasteiger partial charge in [-0.3, -0.25) is 4.90 Å². The Balaban J connectivity index is 2.20. The van der Waals surface area contributed by atoms with Crippen LogP contribution in [0.5, 0.6) is 0 Å². The fraction of sp³-hybridized carbons (Fsp3) is 1.00. The molecule has 10 heavy (non-hydrogen) atoms. The summed E-state index contributed by atoms with van der Waals surface area (Å²) < 4.78 is 5.78. The van der Waals surface area contributed by atoms with Gasteiger partial charge >= 0.3 is 0 Å². The van der Waals surface area contributed by atoms with Crippen LogP contribution in [0.4, 0.5) is 0 Å². The molecule has 2 nitrogen and oxygen atoms in total. The van der Waals surface area contributed by atoms with E-state index in [0.717, 1.165) is 6.54 Å². The lowest BCUT2D eigenvalue weighted by molar-refractivity contribution is -0.0834. The number of hydrogen-bond acceptors (Lipinski definition) is 2. The fourth-order valence-corrected chi connectivity index (χ4v) is 2.36. The molecule has 2 heterocycles. The van der Waals surface area contributed by atoms with E-state index >= 15 is 0 Å². The molecule has 2 aliphatic rings. The van der Waals surface area contributed by atoms with E-state index in [0.29, 0.717) is 12.1 Å². The summed E-state index contributed by atoms with van der Waals surface area (Å²) in [6.45, 7) is 5.51. The van der Waals surface area contributed by atoms with E-state index in [1.807, 2.05) is 0 Å².